The Labute approximate surface area is 359 Å². The van der Waals surface area contributed by atoms with E-state index in [1.165, 1.54) is 77.9 Å². The molecule has 2 aliphatic rings. The van der Waals surface area contributed by atoms with E-state index >= 15 is 0 Å². The first kappa shape index (κ1) is 36.8. The minimum atomic E-state index is -0.496. The number of anilines is 3. The van der Waals surface area contributed by atoms with E-state index in [9.17, 15) is 0 Å². The molecule has 292 valence electrons. The standard InChI is InChI=1S/C59H46N2/c1-39-29-32-46(38-50(39)56-40(2)30-34-53-57(56)49-33-31-41(36-54(49)58(53,3)4)55-28-15-16-35-60-55)61(44-21-9-6-10-22-44)45-23-17-20-43(37-45)59(42-18-7-5-8-19-42)51-26-13-11-24-47(51)48-25-12-14-27-52(48)59/h5-38H,1-4H3. The summed E-state index contributed by atoms with van der Waals surface area (Å²) in [6, 6.07) is 73.9. The summed E-state index contributed by atoms with van der Waals surface area (Å²) >= 11 is 0. The number of hydrogen-bond acceptors (Lipinski definition) is 2. The molecule has 0 saturated heterocycles. The largest absolute Gasteiger partial charge is 0.310 e. The van der Waals surface area contributed by atoms with Crippen molar-refractivity contribution in [2.24, 2.45) is 0 Å². The Kier molecular flexibility index (Phi) is 8.54. The average molecular weight is 783 g/mol. The summed E-state index contributed by atoms with van der Waals surface area (Å²) in [6.45, 7) is 9.27. The van der Waals surface area contributed by atoms with Gasteiger partial charge in [0.05, 0.1) is 11.1 Å². The van der Waals surface area contributed by atoms with Gasteiger partial charge >= 0.3 is 0 Å². The van der Waals surface area contributed by atoms with Crippen molar-refractivity contribution in [3.05, 3.63) is 251 Å². The number of fused-ring (bicyclic) bond motifs is 6. The molecule has 1 heterocycles. The van der Waals surface area contributed by atoms with Crippen LogP contribution in [0.25, 0.3) is 44.6 Å². The Morgan fingerprint density at radius 1 is 0.393 bits per heavy atom. The summed E-state index contributed by atoms with van der Waals surface area (Å²) < 4.78 is 0. The molecular formula is C59H46N2. The summed E-state index contributed by atoms with van der Waals surface area (Å²) in [7, 11) is 0. The molecule has 0 spiro atoms. The van der Waals surface area contributed by atoms with Gasteiger partial charge in [0.1, 0.15) is 0 Å². The molecule has 0 fully saturated rings. The fourth-order valence-electron chi connectivity index (χ4n) is 10.6. The molecule has 8 aromatic carbocycles. The highest BCUT2D eigenvalue weighted by Gasteiger charge is 2.46. The van der Waals surface area contributed by atoms with E-state index in [4.69, 9.17) is 4.98 Å². The quantitative estimate of drug-likeness (QED) is 0.160. The van der Waals surface area contributed by atoms with E-state index in [1.54, 1.807) is 0 Å². The summed E-state index contributed by atoms with van der Waals surface area (Å²) in [4.78, 5) is 7.14. The van der Waals surface area contributed by atoms with Gasteiger partial charge in [0.25, 0.3) is 0 Å². The second-order valence-electron chi connectivity index (χ2n) is 17.2. The number of rotatable bonds is 7. The molecule has 2 nitrogen and oxygen atoms in total. The molecule has 0 aliphatic heterocycles. The Bertz CT molecular complexity index is 3080. The Balaban J connectivity index is 1.11. The molecule has 0 unspecified atom stereocenters. The van der Waals surface area contributed by atoms with Gasteiger partial charge in [0.2, 0.25) is 0 Å². The zero-order valence-electron chi connectivity index (χ0n) is 35.0. The molecule has 9 aromatic rings. The fraction of sp³-hybridized carbons (Fsp3) is 0.102. The first-order chi connectivity index (χ1) is 29.9. The van der Waals surface area contributed by atoms with Crippen LogP contribution in [0.2, 0.25) is 0 Å². The van der Waals surface area contributed by atoms with Crippen LogP contribution in [0.4, 0.5) is 17.1 Å². The van der Waals surface area contributed by atoms with Crippen LogP contribution in [0.3, 0.4) is 0 Å². The fourth-order valence-corrected chi connectivity index (χ4v) is 10.6. The monoisotopic (exact) mass is 782 g/mol. The molecule has 1 aromatic heterocycles. The third kappa shape index (κ3) is 5.59. The van der Waals surface area contributed by atoms with Gasteiger partial charge in [-0.1, -0.05) is 159 Å². The first-order valence-corrected chi connectivity index (χ1v) is 21.4. The summed E-state index contributed by atoms with van der Waals surface area (Å²) in [5, 5.41) is 0. The van der Waals surface area contributed by atoms with Crippen LogP contribution in [0.5, 0.6) is 0 Å². The summed E-state index contributed by atoms with van der Waals surface area (Å²) in [6.07, 6.45) is 1.88. The van der Waals surface area contributed by atoms with Crippen molar-refractivity contribution in [1.29, 1.82) is 0 Å². The van der Waals surface area contributed by atoms with Crippen LogP contribution in [0, 0.1) is 13.8 Å². The molecular weight excluding hydrogens is 737 g/mol. The van der Waals surface area contributed by atoms with Crippen molar-refractivity contribution in [3.8, 4) is 44.6 Å². The molecule has 2 aliphatic carbocycles. The van der Waals surface area contributed by atoms with E-state index in [1.807, 2.05) is 12.3 Å². The smallest absolute Gasteiger partial charge is 0.0714 e. The Morgan fingerprint density at radius 2 is 1.02 bits per heavy atom. The predicted molar refractivity (Wildman–Crippen MR) is 254 cm³/mol. The van der Waals surface area contributed by atoms with Crippen LogP contribution < -0.4 is 4.90 Å². The zero-order valence-corrected chi connectivity index (χ0v) is 35.0. The summed E-state index contributed by atoms with van der Waals surface area (Å²) in [5.74, 6) is 0. The Hall–Kier alpha value is -7.29. The van der Waals surface area contributed by atoms with Crippen LogP contribution >= 0.6 is 0 Å². The van der Waals surface area contributed by atoms with Crippen molar-refractivity contribution in [2.75, 3.05) is 4.90 Å². The van der Waals surface area contributed by atoms with Gasteiger partial charge in [-0.2, -0.15) is 0 Å². The van der Waals surface area contributed by atoms with Crippen LogP contribution in [-0.2, 0) is 10.8 Å². The lowest BCUT2D eigenvalue weighted by Crippen LogP contribution is -2.28. The van der Waals surface area contributed by atoms with Crippen molar-refractivity contribution >= 4 is 17.1 Å². The Morgan fingerprint density at radius 3 is 1.74 bits per heavy atom. The number of pyridine rings is 1. The number of aryl methyl sites for hydroxylation is 2. The first-order valence-electron chi connectivity index (χ1n) is 21.4. The van der Waals surface area contributed by atoms with Crippen molar-refractivity contribution in [3.63, 3.8) is 0 Å². The number of aromatic nitrogens is 1. The molecule has 0 atom stereocenters. The molecule has 61 heavy (non-hydrogen) atoms. The molecule has 11 rings (SSSR count). The highest BCUT2D eigenvalue weighted by Crippen LogP contribution is 2.57. The number of para-hydroxylation sites is 1. The van der Waals surface area contributed by atoms with Crippen molar-refractivity contribution in [1.82, 2.24) is 4.98 Å². The number of benzene rings is 8. The lowest BCUT2D eigenvalue weighted by molar-refractivity contribution is 0.660. The molecule has 0 bridgehead atoms. The van der Waals surface area contributed by atoms with Crippen LogP contribution in [-0.4, -0.2) is 4.98 Å². The van der Waals surface area contributed by atoms with E-state index in [0.29, 0.717) is 0 Å². The lowest BCUT2D eigenvalue weighted by atomic mass is 9.67. The minimum absolute atomic E-state index is 0.174. The zero-order chi connectivity index (χ0) is 41.3. The van der Waals surface area contributed by atoms with Crippen LogP contribution in [0.15, 0.2) is 206 Å². The molecule has 0 saturated carbocycles. The second-order valence-corrected chi connectivity index (χ2v) is 17.2. The normalized spacial score (nSPS) is 13.8. The summed E-state index contributed by atoms with van der Waals surface area (Å²) in [5.41, 5.74) is 22.9. The van der Waals surface area contributed by atoms with Gasteiger partial charge in [-0.25, -0.2) is 0 Å². The van der Waals surface area contributed by atoms with Gasteiger partial charge in [0, 0.05) is 34.2 Å². The third-order valence-electron chi connectivity index (χ3n) is 13.5. The molecule has 2 heteroatoms. The molecule has 0 N–H and O–H groups in total. The maximum Gasteiger partial charge on any atom is 0.0714 e. The van der Waals surface area contributed by atoms with E-state index in [-0.39, 0.29) is 5.41 Å². The van der Waals surface area contributed by atoms with Gasteiger partial charge in [-0.15, -0.1) is 0 Å². The topological polar surface area (TPSA) is 16.1 Å². The highest BCUT2D eigenvalue weighted by atomic mass is 15.1. The predicted octanol–water partition coefficient (Wildman–Crippen LogP) is 15.2. The van der Waals surface area contributed by atoms with E-state index in [2.05, 4.69) is 227 Å². The number of hydrogen-bond donors (Lipinski definition) is 0. The van der Waals surface area contributed by atoms with Gasteiger partial charge in [-0.05, 0) is 146 Å². The third-order valence-corrected chi connectivity index (χ3v) is 13.5. The second kappa shape index (κ2) is 14.2. The highest BCUT2D eigenvalue weighted by molar-refractivity contribution is 5.97. The lowest BCUT2D eigenvalue weighted by Gasteiger charge is -2.35. The van der Waals surface area contributed by atoms with Gasteiger partial charge in [0.15, 0.2) is 0 Å². The minimum Gasteiger partial charge on any atom is -0.310 e. The van der Waals surface area contributed by atoms with Crippen molar-refractivity contribution in [2.45, 2.75) is 38.5 Å². The molecule has 0 amide bonds. The molecule has 0 radical (unpaired) electrons. The van der Waals surface area contributed by atoms with E-state index in [0.717, 1.165) is 28.3 Å². The SMILES string of the molecule is Cc1ccc(N(c2ccccc2)c2cccc(C3(c4ccccc4)c4ccccc4-c4ccccc43)c2)cc1-c1c(C)ccc2c1-c1ccc(-c3ccccn3)cc1C2(C)C. The van der Waals surface area contributed by atoms with Gasteiger partial charge < -0.3 is 4.90 Å². The average Bonchev–Trinajstić information content (AvgIpc) is 3.73. The number of nitrogens with zero attached hydrogens (tertiary/aromatic N) is 2. The van der Waals surface area contributed by atoms with Gasteiger partial charge in [-0.3, -0.25) is 4.98 Å². The van der Waals surface area contributed by atoms with Crippen molar-refractivity contribution < 1.29 is 0 Å². The van der Waals surface area contributed by atoms with E-state index < -0.39 is 5.41 Å². The maximum absolute atomic E-state index is 4.70. The maximum atomic E-state index is 4.70. The van der Waals surface area contributed by atoms with Crippen LogP contribution in [0.1, 0.15) is 58.4 Å².